The highest BCUT2D eigenvalue weighted by molar-refractivity contribution is 14.0. The molecule has 1 fully saturated rings. The van der Waals surface area contributed by atoms with Crippen molar-refractivity contribution in [1.29, 1.82) is 0 Å². The van der Waals surface area contributed by atoms with Gasteiger partial charge in [0, 0.05) is 55.6 Å². The van der Waals surface area contributed by atoms with Gasteiger partial charge < -0.3 is 15.5 Å². The van der Waals surface area contributed by atoms with E-state index in [1.807, 2.05) is 23.1 Å². The van der Waals surface area contributed by atoms with Crippen LogP contribution in [0.3, 0.4) is 0 Å². The summed E-state index contributed by atoms with van der Waals surface area (Å²) in [5.74, 6) is 0.909. The number of nitrogens with zero attached hydrogens (tertiary/aromatic N) is 4. The minimum atomic E-state index is 0. The number of anilines is 1. The number of hydrogen-bond donors (Lipinski definition) is 2. The molecule has 0 saturated carbocycles. The molecule has 2 N–H and O–H groups in total. The summed E-state index contributed by atoms with van der Waals surface area (Å²) in [4.78, 5) is 7.14. The van der Waals surface area contributed by atoms with E-state index in [1.54, 1.807) is 0 Å². The third-order valence-electron chi connectivity index (χ3n) is 4.44. The van der Waals surface area contributed by atoms with Crippen molar-refractivity contribution in [3.8, 4) is 0 Å². The Morgan fingerprint density at radius 2 is 2.19 bits per heavy atom. The maximum atomic E-state index is 4.72. The molecule has 1 aromatic carbocycles. The van der Waals surface area contributed by atoms with Crippen LogP contribution in [0.15, 0.2) is 52.2 Å². The fraction of sp³-hybridized carbons (Fsp3) is 0.474. The number of aliphatic imine (C=N–C) groups is 1. The molecule has 6 nitrogen and oxygen atoms in total. The predicted octanol–water partition coefficient (Wildman–Crippen LogP) is 3.49. The van der Waals surface area contributed by atoms with Gasteiger partial charge in [0.05, 0.1) is 5.69 Å². The number of aryl methyl sites for hydroxylation is 1. The molecule has 1 aromatic heterocycles. The molecule has 2 heterocycles. The van der Waals surface area contributed by atoms with Gasteiger partial charge in [-0.1, -0.05) is 12.1 Å². The Hall–Kier alpha value is -1.29. The quantitative estimate of drug-likeness (QED) is 0.241. The maximum absolute atomic E-state index is 4.72. The van der Waals surface area contributed by atoms with Crippen molar-refractivity contribution in [2.45, 2.75) is 32.4 Å². The van der Waals surface area contributed by atoms with Gasteiger partial charge in [-0.25, -0.2) is 0 Å². The zero-order valence-electron chi connectivity index (χ0n) is 15.6. The maximum Gasteiger partial charge on any atom is 0.191 e. The molecule has 1 unspecified atom stereocenters. The summed E-state index contributed by atoms with van der Waals surface area (Å²) in [5.41, 5.74) is 1.26. The number of benzene rings is 1. The molecule has 27 heavy (non-hydrogen) atoms. The van der Waals surface area contributed by atoms with E-state index >= 15 is 0 Å². The normalized spacial score (nSPS) is 16.9. The predicted molar refractivity (Wildman–Crippen MR) is 126 cm³/mol. The molecule has 1 aliphatic rings. The Bertz CT molecular complexity index is 706. The first-order valence-corrected chi connectivity index (χ1v) is 10.1. The van der Waals surface area contributed by atoms with E-state index in [2.05, 4.69) is 67.8 Å². The lowest BCUT2D eigenvalue weighted by atomic mass is 10.3. The van der Waals surface area contributed by atoms with Gasteiger partial charge in [0.15, 0.2) is 5.96 Å². The third kappa shape index (κ3) is 6.67. The van der Waals surface area contributed by atoms with E-state index in [9.17, 15) is 0 Å². The first-order chi connectivity index (χ1) is 12.8. The van der Waals surface area contributed by atoms with Gasteiger partial charge in [-0.15, -0.1) is 24.0 Å². The molecule has 0 amide bonds. The van der Waals surface area contributed by atoms with Crippen LogP contribution in [-0.2, 0) is 6.54 Å². The summed E-state index contributed by atoms with van der Waals surface area (Å²) in [6.07, 6.45) is 5.89. The van der Waals surface area contributed by atoms with Crippen LogP contribution in [-0.4, -0.2) is 48.0 Å². The van der Waals surface area contributed by atoms with Gasteiger partial charge in [0.1, 0.15) is 0 Å². The number of guanidine groups is 1. The van der Waals surface area contributed by atoms with Gasteiger partial charge in [-0.05, 0) is 53.9 Å². The Morgan fingerprint density at radius 1 is 1.33 bits per heavy atom. The molecule has 1 atom stereocenters. The number of halogens is 2. The number of para-hydroxylation sites is 1. The molecule has 3 rings (SSSR count). The van der Waals surface area contributed by atoms with Crippen molar-refractivity contribution < 1.29 is 0 Å². The summed E-state index contributed by atoms with van der Waals surface area (Å²) >= 11 is 3.66. The first kappa shape index (κ1) is 22.0. The zero-order chi connectivity index (χ0) is 18.2. The molecule has 2 aromatic rings. The topological polar surface area (TPSA) is 57.5 Å². The largest absolute Gasteiger partial charge is 0.368 e. The van der Waals surface area contributed by atoms with Crippen LogP contribution in [0.1, 0.15) is 19.8 Å². The van der Waals surface area contributed by atoms with Crippen LogP contribution in [0.4, 0.5) is 5.69 Å². The highest BCUT2D eigenvalue weighted by atomic mass is 127. The SMILES string of the molecule is CCNC(=NCCCn1cccn1)NC1CCN(c2ccccc2Br)C1.I. The van der Waals surface area contributed by atoms with Crippen molar-refractivity contribution in [3.05, 3.63) is 47.2 Å². The van der Waals surface area contributed by atoms with E-state index in [-0.39, 0.29) is 24.0 Å². The molecule has 0 aliphatic carbocycles. The third-order valence-corrected chi connectivity index (χ3v) is 5.11. The standard InChI is InChI=1S/C19H27BrN6.HI/c1-2-21-19(22-10-5-12-26-13-6-11-23-26)24-16-9-14-25(15-16)18-8-4-3-7-17(18)20;/h3-4,6-8,11,13,16H,2,5,9-10,12,14-15H2,1H3,(H2,21,22,24);1H. The Labute approximate surface area is 187 Å². The van der Waals surface area contributed by atoms with Crippen molar-refractivity contribution in [2.24, 2.45) is 4.99 Å². The van der Waals surface area contributed by atoms with Gasteiger partial charge >= 0.3 is 0 Å². The van der Waals surface area contributed by atoms with Gasteiger partial charge in [0.2, 0.25) is 0 Å². The van der Waals surface area contributed by atoms with Crippen LogP contribution < -0.4 is 15.5 Å². The molecule has 148 valence electrons. The summed E-state index contributed by atoms with van der Waals surface area (Å²) in [6.45, 7) is 6.69. The highest BCUT2D eigenvalue weighted by Gasteiger charge is 2.24. The fourth-order valence-corrected chi connectivity index (χ4v) is 3.71. The number of aromatic nitrogens is 2. The average Bonchev–Trinajstić information content (AvgIpc) is 3.31. The van der Waals surface area contributed by atoms with Crippen LogP contribution in [0.25, 0.3) is 0 Å². The van der Waals surface area contributed by atoms with Crippen molar-refractivity contribution in [1.82, 2.24) is 20.4 Å². The van der Waals surface area contributed by atoms with E-state index in [1.165, 1.54) is 5.69 Å². The summed E-state index contributed by atoms with van der Waals surface area (Å²) in [6, 6.07) is 10.8. The Kier molecular flexibility index (Phi) is 9.40. The number of rotatable bonds is 7. The minimum absolute atomic E-state index is 0. The molecule has 0 bridgehead atoms. The molecule has 8 heteroatoms. The van der Waals surface area contributed by atoms with Gasteiger partial charge in [-0.2, -0.15) is 5.10 Å². The second-order valence-corrected chi connectivity index (χ2v) is 7.27. The molecular weight excluding hydrogens is 519 g/mol. The molecule has 1 saturated heterocycles. The van der Waals surface area contributed by atoms with E-state index in [0.717, 1.165) is 56.0 Å². The molecule has 0 radical (unpaired) electrons. The molecular formula is C19H28BrIN6. The second kappa shape index (κ2) is 11.5. The van der Waals surface area contributed by atoms with Gasteiger partial charge in [0.25, 0.3) is 0 Å². The second-order valence-electron chi connectivity index (χ2n) is 6.41. The number of hydrogen-bond acceptors (Lipinski definition) is 3. The number of nitrogens with one attached hydrogen (secondary N) is 2. The summed E-state index contributed by atoms with van der Waals surface area (Å²) < 4.78 is 3.10. The Balaban J connectivity index is 0.00000261. The first-order valence-electron chi connectivity index (χ1n) is 9.28. The molecule has 0 spiro atoms. The lowest BCUT2D eigenvalue weighted by Gasteiger charge is -2.21. The Morgan fingerprint density at radius 3 is 2.93 bits per heavy atom. The van der Waals surface area contributed by atoms with Crippen LogP contribution >= 0.6 is 39.9 Å². The van der Waals surface area contributed by atoms with Crippen molar-refractivity contribution in [3.63, 3.8) is 0 Å². The van der Waals surface area contributed by atoms with E-state index in [0.29, 0.717) is 6.04 Å². The van der Waals surface area contributed by atoms with Crippen LogP contribution in [0, 0.1) is 0 Å². The van der Waals surface area contributed by atoms with Crippen LogP contribution in [0.5, 0.6) is 0 Å². The van der Waals surface area contributed by atoms with E-state index in [4.69, 9.17) is 4.99 Å². The van der Waals surface area contributed by atoms with E-state index < -0.39 is 0 Å². The lowest BCUT2D eigenvalue weighted by Crippen LogP contribution is -2.44. The smallest absolute Gasteiger partial charge is 0.191 e. The van der Waals surface area contributed by atoms with Crippen LogP contribution in [0.2, 0.25) is 0 Å². The zero-order valence-corrected chi connectivity index (χ0v) is 19.6. The van der Waals surface area contributed by atoms with Crippen molar-refractivity contribution >= 4 is 51.6 Å². The summed E-state index contributed by atoms with van der Waals surface area (Å²) in [5, 5.41) is 11.2. The minimum Gasteiger partial charge on any atom is -0.368 e. The fourth-order valence-electron chi connectivity index (χ4n) is 3.17. The lowest BCUT2D eigenvalue weighted by molar-refractivity contribution is 0.581. The average molecular weight is 547 g/mol. The van der Waals surface area contributed by atoms with Gasteiger partial charge in [-0.3, -0.25) is 9.67 Å². The summed E-state index contributed by atoms with van der Waals surface area (Å²) in [7, 11) is 0. The highest BCUT2D eigenvalue weighted by Crippen LogP contribution is 2.28. The molecule has 1 aliphatic heterocycles. The monoisotopic (exact) mass is 546 g/mol. The van der Waals surface area contributed by atoms with Crippen molar-refractivity contribution in [2.75, 3.05) is 31.1 Å².